The number of nitrogens with one attached hydrogen (secondary N) is 1. The Balaban J connectivity index is 2.78. The van der Waals surface area contributed by atoms with Crippen LogP contribution in [0, 0.1) is 12.8 Å². The summed E-state index contributed by atoms with van der Waals surface area (Å²) >= 11 is 0. The molecule has 0 fully saturated rings. The first kappa shape index (κ1) is 15.5. The molecule has 1 unspecified atom stereocenters. The number of phenols is 1. The minimum atomic E-state index is -0.0938. The van der Waals surface area contributed by atoms with Gasteiger partial charge in [0.1, 0.15) is 5.75 Å². The van der Waals surface area contributed by atoms with Gasteiger partial charge in [0.15, 0.2) is 0 Å². The van der Waals surface area contributed by atoms with Gasteiger partial charge in [0, 0.05) is 18.2 Å². The molecule has 1 aromatic rings. The molecule has 0 saturated carbocycles. The molecular formula is C15H24N2O2. The van der Waals surface area contributed by atoms with E-state index in [1.54, 1.807) is 25.1 Å². The van der Waals surface area contributed by atoms with E-state index in [1.165, 1.54) is 0 Å². The number of hydrogen-bond donors (Lipinski definition) is 2. The lowest BCUT2D eigenvalue weighted by Gasteiger charge is -2.25. The minimum absolute atomic E-state index is 0.0938. The minimum Gasteiger partial charge on any atom is -0.508 e. The zero-order valence-electron chi connectivity index (χ0n) is 12.4. The average molecular weight is 264 g/mol. The molecule has 0 aromatic heterocycles. The van der Waals surface area contributed by atoms with E-state index in [1.807, 2.05) is 14.1 Å². The number of nitrogens with zero attached hydrogens (tertiary/aromatic N) is 1. The highest BCUT2D eigenvalue weighted by Gasteiger charge is 2.18. The van der Waals surface area contributed by atoms with Crippen LogP contribution in [0.5, 0.6) is 5.75 Å². The molecule has 0 bridgehead atoms. The van der Waals surface area contributed by atoms with Crippen LogP contribution in [-0.2, 0) is 0 Å². The topological polar surface area (TPSA) is 52.6 Å². The summed E-state index contributed by atoms with van der Waals surface area (Å²) in [5.41, 5.74) is 1.29. The molecule has 0 spiro atoms. The summed E-state index contributed by atoms with van der Waals surface area (Å²) in [7, 11) is 3.98. The summed E-state index contributed by atoms with van der Waals surface area (Å²) in [6, 6.07) is 5.01. The van der Waals surface area contributed by atoms with Gasteiger partial charge < -0.3 is 15.3 Å². The number of phenolic OH excluding ortho intramolecular Hbond substituents is 1. The molecule has 1 rings (SSSR count). The number of hydrogen-bond acceptors (Lipinski definition) is 3. The van der Waals surface area contributed by atoms with Gasteiger partial charge >= 0.3 is 0 Å². The lowest BCUT2D eigenvalue weighted by Crippen LogP contribution is -2.45. The number of benzene rings is 1. The smallest absolute Gasteiger partial charge is 0.251 e. The standard InChI is InChI=1S/C15H24N2O2/c1-10(2)13(9-17(4)5)16-15(19)12-6-7-14(18)11(3)8-12/h6-8,10,13,18H,9H2,1-5H3,(H,16,19). The molecule has 0 saturated heterocycles. The fourth-order valence-corrected chi connectivity index (χ4v) is 1.86. The molecule has 0 aliphatic heterocycles. The molecule has 4 heteroatoms. The molecule has 1 atom stereocenters. The predicted octanol–water partition coefficient (Wildman–Crippen LogP) is 2.02. The molecule has 0 heterocycles. The second-order valence-corrected chi connectivity index (χ2v) is 5.59. The van der Waals surface area contributed by atoms with Gasteiger partial charge in [-0.3, -0.25) is 4.79 Å². The Morgan fingerprint density at radius 1 is 1.37 bits per heavy atom. The van der Waals surface area contributed by atoms with Gasteiger partial charge in [-0.05, 0) is 50.7 Å². The highest BCUT2D eigenvalue weighted by atomic mass is 16.3. The van der Waals surface area contributed by atoms with Gasteiger partial charge in [0.05, 0.1) is 0 Å². The Kier molecular flexibility index (Phi) is 5.36. The van der Waals surface area contributed by atoms with Crippen LogP contribution in [0.15, 0.2) is 18.2 Å². The van der Waals surface area contributed by atoms with Crippen LogP contribution in [0.25, 0.3) is 0 Å². The lowest BCUT2D eigenvalue weighted by molar-refractivity contribution is 0.0916. The zero-order chi connectivity index (χ0) is 14.6. The summed E-state index contributed by atoms with van der Waals surface area (Å²) < 4.78 is 0. The largest absolute Gasteiger partial charge is 0.508 e. The molecule has 2 N–H and O–H groups in total. The van der Waals surface area contributed by atoms with Crippen molar-refractivity contribution in [2.45, 2.75) is 26.8 Å². The molecule has 0 aliphatic rings. The zero-order valence-corrected chi connectivity index (χ0v) is 12.4. The van der Waals surface area contributed by atoms with E-state index in [0.29, 0.717) is 17.0 Å². The number of amides is 1. The van der Waals surface area contributed by atoms with Crippen molar-refractivity contribution in [1.29, 1.82) is 0 Å². The van der Waals surface area contributed by atoms with Crippen molar-refractivity contribution >= 4 is 5.91 Å². The van der Waals surface area contributed by atoms with E-state index in [9.17, 15) is 9.90 Å². The first-order valence-corrected chi connectivity index (χ1v) is 6.56. The Morgan fingerprint density at radius 2 is 2.00 bits per heavy atom. The van der Waals surface area contributed by atoms with Gasteiger partial charge in [-0.2, -0.15) is 0 Å². The highest BCUT2D eigenvalue weighted by molar-refractivity contribution is 5.94. The van der Waals surface area contributed by atoms with Crippen LogP contribution < -0.4 is 5.32 Å². The van der Waals surface area contributed by atoms with E-state index in [4.69, 9.17) is 0 Å². The third-order valence-electron chi connectivity index (χ3n) is 3.14. The maximum absolute atomic E-state index is 12.2. The fraction of sp³-hybridized carbons (Fsp3) is 0.533. The Labute approximate surface area is 115 Å². The Bertz CT molecular complexity index is 442. The second kappa shape index (κ2) is 6.57. The SMILES string of the molecule is Cc1cc(C(=O)NC(CN(C)C)C(C)C)ccc1O. The maximum Gasteiger partial charge on any atom is 0.251 e. The van der Waals surface area contributed by atoms with Crippen LogP contribution in [0.3, 0.4) is 0 Å². The maximum atomic E-state index is 12.2. The van der Waals surface area contributed by atoms with Crippen LogP contribution in [0.4, 0.5) is 0 Å². The Morgan fingerprint density at radius 3 is 2.47 bits per heavy atom. The highest BCUT2D eigenvalue weighted by Crippen LogP contribution is 2.17. The quantitative estimate of drug-likeness (QED) is 0.855. The molecule has 0 aliphatic carbocycles. The summed E-state index contributed by atoms with van der Waals surface area (Å²) in [6.07, 6.45) is 0. The van der Waals surface area contributed by atoms with Crippen molar-refractivity contribution in [2.75, 3.05) is 20.6 Å². The summed E-state index contributed by atoms with van der Waals surface area (Å²) in [4.78, 5) is 14.3. The third-order valence-corrected chi connectivity index (χ3v) is 3.14. The van der Waals surface area contributed by atoms with Crippen LogP contribution >= 0.6 is 0 Å². The van der Waals surface area contributed by atoms with Gasteiger partial charge in [-0.1, -0.05) is 13.8 Å². The first-order valence-electron chi connectivity index (χ1n) is 6.56. The number of aryl methyl sites for hydroxylation is 1. The van der Waals surface area contributed by atoms with Gasteiger partial charge in [0.25, 0.3) is 5.91 Å². The molecular weight excluding hydrogens is 240 g/mol. The van der Waals surface area contributed by atoms with Crippen LogP contribution in [-0.4, -0.2) is 42.6 Å². The molecule has 1 amide bonds. The average Bonchev–Trinajstić information content (AvgIpc) is 2.31. The number of likely N-dealkylation sites (N-methyl/N-ethyl adjacent to an activating group) is 1. The third kappa shape index (κ3) is 4.56. The number of aromatic hydroxyl groups is 1. The molecule has 1 aromatic carbocycles. The Hall–Kier alpha value is -1.55. The number of rotatable bonds is 5. The van der Waals surface area contributed by atoms with E-state index < -0.39 is 0 Å². The normalized spacial score (nSPS) is 12.8. The number of carbonyl (C=O) groups excluding carboxylic acids is 1. The van der Waals surface area contributed by atoms with Crippen molar-refractivity contribution in [3.8, 4) is 5.75 Å². The molecule has 19 heavy (non-hydrogen) atoms. The fourth-order valence-electron chi connectivity index (χ4n) is 1.86. The van der Waals surface area contributed by atoms with E-state index in [-0.39, 0.29) is 17.7 Å². The van der Waals surface area contributed by atoms with E-state index >= 15 is 0 Å². The predicted molar refractivity (Wildman–Crippen MR) is 77.5 cm³/mol. The monoisotopic (exact) mass is 264 g/mol. The van der Waals surface area contributed by atoms with Gasteiger partial charge in [-0.25, -0.2) is 0 Å². The van der Waals surface area contributed by atoms with Crippen LogP contribution in [0.2, 0.25) is 0 Å². The molecule has 4 nitrogen and oxygen atoms in total. The summed E-state index contributed by atoms with van der Waals surface area (Å²) in [5, 5.41) is 12.5. The lowest BCUT2D eigenvalue weighted by atomic mass is 10.0. The number of carbonyl (C=O) groups is 1. The summed E-state index contributed by atoms with van der Waals surface area (Å²) in [6.45, 7) is 6.78. The van der Waals surface area contributed by atoms with Crippen molar-refractivity contribution in [3.05, 3.63) is 29.3 Å². The van der Waals surface area contributed by atoms with E-state index in [0.717, 1.165) is 6.54 Å². The van der Waals surface area contributed by atoms with E-state index in [2.05, 4.69) is 24.1 Å². The second-order valence-electron chi connectivity index (χ2n) is 5.59. The molecule has 0 radical (unpaired) electrons. The van der Waals surface area contributed by atoms with Crippen molar-refractivity contribution in [1.82, 2.24) is 10.2 Å². The molecule has 106 valence electrons. The van der Waals surface area contributed by atoms with Crippen molar-refractivity contribution in [2.24, 2.45) is 5.92 Å². The first-order chi connectivity index (χ1) is 8.81. The van der Waals surface area contributed by atoms with Crippen molar-refractivity contribution in [3.63, 3.8) is 0 Å². The van der Waals surface area contributed by atoms with Gasteiger partial charge in [0.2, 0.25) is 0 Å². The van der Waals surface area contributed by atoms with Crippen LogP contribution in [0.1, 0.15) is 29.8 Å². The van der Waals surface area contributed by atoms with Gasteiger partial charge in [-0.15, -0.1) is 0 Å². The van der Waals surface area contributed by atoms with Crippen molar-refractivity contribution < 1.29 is 9.90 Å². The summed E-state index contributed by atoms with van der Waals surface area (Å²) in [5.74, 6) is 0.485.